The van der Waals surface area contributed by atoms with Gasteiger partial charge in [0.25, 0.3) is 0 Å². The standard InChI is InChI=1S/C4H3N5/c5-1-4-8-7-3-9(4)2-6/h1,3,5H. The van der Waals surface area contributed by atoms with Crippen molar-refractivity contribution in [3.05, 3.63) is 12.2 Å². The summed E-state index contributed by atoms with van der Waals surface area (Å²) in [4.78, 5) is 0. The first-order chi connectivity index (χ1) is 4.38. The van der Waals surface area contributed by atoms with Gasteiger partial charge in [0.15, 0.2) is 12.0 Å². The number of rotatable bonds is 1. The molecule has 1 heterocycles. The van der Waals surface area contributed by atoms with Crippen LogP contribution in [0, 0.1) is 16.9 Å². The van der Waals surface area contributed by atoms with Gasteiger partial charge in [0.1, 0.15) is 6.33 Å². The van der Waals surface area contributed by atoms with Crippen LogP contribution in [0.25, 0.3) is 0 Å². The second-order valence-corrected chi connectivity index (χ2v) is 1.30. The third kappa shape index (κ3) is 0.770. The Balaban J connectivity index is 3.17. The van der Waals surface area contributed by atoms with Crippen molar-refractivity contribution in [1.82, 2.24) is 14.8 Å². The Morgan fingerprint density at radius 1 is 1.89 bits per heavy atom. The predicted molar refractivity (Wildman–Crippen MR) is 28.9 cm³/mol. The zero-order valence-corrected chi connectivity index (χ0v) is 4.44. The summed E-state index contributed by atoms with van der Waals surface area (Å²) in [6.07, 6.45) is 3.99. The van der Waals surface area contributed by atoms with Crippen LogP contribution in [0.3, 0.4) is 0 Å². The zero-order valence-electron chi connectivity index (χ0n) is 4.44. The lowest BCUT2D eigenvalue weighted by Gasteiger charge is -1.81. The molecule has 0 bridgehead atoms. The Labute approximate surface area is 51.1 Å². The molecule has 0 saturated heterocycles. The first-order valence-electron chi connectivity index (χ1n) is 2.19. The average Bonchev–Trinajstić information content (AvgIpc) is 2.33. The number of hydrogen-bond acceptors (Lipinski definition) is 4. The van der Waals surface area contributed by atoms with E-state index in [9.17, 15) is 0 Å². The molecule has 0 amide bonds. The number of nitrogens with zero attached hydrogens (tertiary/aromatic N) is 4. The average molecular weight is 121 g/mol. The van der Waals surface area contributed by atoms with E-state index in [4.69, 9.17) is 10.7 Å². The first-order valence-corrected chi connectivity index (χ1v) is 2.19. The largest absolute Gasteiger partial charge is 0.305 e. The monoisotopic (exact) mass is 121 g/mol. The Hall–Kier alpha value is -1.70. The van der Waals surface area contributed by atoms with Crippen LogP contribution >= 0.6 is 0 Å². The van der Waals surface area contributed by atoms with E-state index in [0.29, 0.717) is 0 Å². The Morgan fingerprint density at radius 2 is 2.67 bits per heavy atom. The Bertz CT molecular complexity index is 254. The van der Waals surface area contributed by atoms with Gasteiger partial charge in [0, 0.05) is 0 Å². The highest BCUT2D eigenvalue weighted by Crippen LogP contribution is 1.84. The van der Waals surface area contributed by atoms with Crippen LogP contribution in [0.5, 0.6) is 0 Å². The van der Waals surface area contributed by atoms with Gasteiger partial charge in [-0.05, 0) is 0 Å². The molecule has 5 heteroatoms. The number of nitrogens with one attached hydrogen (secondary N) is 1. The van der Waals surface area contributed by atoms with Crippen molar-refractivity contribution in [2.75, 3.05) is 0 Å². The lowest BCUT2D eigenvalue weighted by molar-refractivity contribution is 1.06. The van der Waals surface area contributed by atoms with Crippen molar-refractivity contribution in [2.24, 2.45) is 0 Å². The minimum absolute atomic E-state index is 0.248. The van der Waals surface area contributed by atoms with Crippen LogP contribution in [0.1, 0.15) is 5.82 Å². The summed E-state index contributed by atoms with van der Waals surface area (Å²) < 4.78 is 1.10. The number of nitriles is 1. The predicted octanol–water partition coefficient (Wildman–Crippen LogP) is -0.395. The molecule has 0 radical (unpaired) electrons. The van der Waals surface area contributed by atoms with Gasteiger partial charge in [-0.15, -0.1) is 10.2 Å². The molecule has 0 spiro atoms. The van der Waals surface area contributed by atoms with Crippen LogP contribution < -0.4 is 0 Å². The zero-order chi connectivity index (χ0) is 6.69. The van der Waals surface area contributed by atoms with E-state index in [1.807, 2.05) is 0 Å². The van der Waals surface area contributed by atoms with Crippen LogP contribution in [0.15, 0.2) is 6.33 Å². The van der Waals surface area contributed by atoms with Gasteiger partial charge in [0.05, 0.1) is 6.21 Å². The summed E-state index contributed by atoms with van der Waals surface area (Å²) in [7, 11) is 0. The van der Waals surface area contributed by atoms with Crippen molar-refractivity contribution < 1.29 is 0 Å². The third-order valence-corrected chi connectivity index (χ3v) is 0.811. The van der Waals surface area contributed by atoms with Gasteiger partial charge in [-0.25, -0.2) is 4.57 Å². The molecule has 0 atom stereocenters. The fraction of sp³-hybridized carbons (Fsp3) is 0. The van der Waals surface area contributed by atoms with Crippen LogP contribution in [0.4, 0.5) is 0 Å². The highest BCUT2D eigenvalue weighted by Gasteiger charge is 1.95. The molecule has 0 aliphatic rings. The second kappa shape index (κ2) is 2.05. The van der Waals surface area contributed by atoms with E-state index in [1.54, 1.807) is 6.19 Å². The van der Waals surface area contributed by atoms with Crippen LogP contribution in [0.2, 0.25) is 0 Å². The smallest absolute Gasteiger partial charge is 0.191 e. The van der Waals surface area contributed by atoms with Gasteiger partial charge >= 0.3 is 0 Å². The van der Waals surface area contributed by atoms with Gasteiger partial charge in [-0.2, -0.15) is 5.26 Å². The van der Waals surface area contributed by atoms with E-state index in [1.165, 1.54) is 6.33 Å². The van der Waals surface area contributed by atoms with Gasteiger partial charge in [-0.3, -0.25) is 0 Å². The maximum atomic E-state index is 8.27. The summed E-state index contributed by atoms with van der Waals surface area (Å²) in [5.74, 6) is 0.248. The molecule has 1 rings (SSSR count). The molecule has 0 aliphatic carbocycles. The second-order valence-electron chi connectivity index (χ2n) is 1.30. The molecule has 0 unspecified atom stereocenters. The summed E-state index contributed by atoms with van der Waals surface area (Å²) in [5, 5.41) is 21.8. The normalized spacial score (nSPS) is 8.33. The molecule has 1 aromatic rings. The highest BCUT2D eigenvalue weighted by atomic mass is 15.3. The van der Waals surface area contributed by atoms with E-state index in [2.05, 4.69) is 10.2 Å². The third-order valence-electron chi connectivity index (χ3n) is 0.811. The SMILES string of the molecule is N#Cn1cnnc1C=N. The van der Waals surface area contributed by atoms with Crippen molar-refractivity contribution in [2.45, 2.75) is 0 Å². The molecule has 5 nitrogen and oxygen atoms in total. The fourth-order valence-electron chi connectivity index (χ4n) is 0.419. The lowest BCUT2D eigenvalue weighted by Crippen LogP contribution is -1.93. The molecule has 0 saturated carbocycles. The molecule has 44 valence electrons. The minimum atomic E-state index is 0.248. The molecular weight excluding hydrogens is 118 g/mol. The lowest BCUT2D eigenvalue weighted by atomic mass is 10.7. The van der Waals surface area contributed by atoms with Crippen molar-refractivity contribution in [1.29, 1.82) is 10.7 Å². The number of hydrogen-bond donors (Lipinski definition) is 1. The van der Waals surface area contributed by atoms with Crippen LogP contribution in [-0.2, 0) is 0 Å². The summed E-state index contributed by atoms with van der Waals surface area (Å²) in [6.45, 7) is 0. The molecule has 9 heavy (non-hydrogen) atoms. The maximum Gasteiger partial charge on any atom is 0.191 e. The summed E-state index contributed by atoms with van der Waals surface area (Å²) >= 11 is 0. The van der Waals surface area contributed by atoms with E-state index < -0.39 is 0 Å². The van der Waals surface area contributed by atoms with Gasteiger partial charge in [0.2, 0.25) is 0 Å². The molecular formula is C4H3N5. The molecule has 0 fully saturated rings. The van der Waals surface area contributed by atoms with Crippen molar-refractivity contribution >= 4 is 6.21 Å². The number of aromatic nitrogens is 3. The maximum absolute atomic E-state index is 8.27. The molecule has 1 aromatic heterocycles. The minimum Gasteiger partial charge on any atom is -0.305 e. The van der Waals surface area contributed by atoms with Crippen molar-refractivity contribution in [3.63, 3.8) is 0 Å². The van der Waals surface area contributed by atoms with Crippen LogP contribution in [-0.4, -0.2) is 21.0 Å². The van der Waals surface area contributed by atoms with Gasteiger partial charge in [-0.1, -0.05) is 0 Å². The highest BCUT2D eigenvalue weighted by molar-refractivity contribution is 5.71. The molecule has 0 aromatic carbocycles. The molecule has 0 aliphatic heterocycles. The topological polar surface area (TPSA) is 78.3 Å². The summed E-state index contributed by atoms with van der Waals surface area (Å²) in [6, 6.07) is 0. The van der Waals surface area contributed by atoms with Crippen molar-refractivity contribution in [3.8, 4) is 6.19 Å². The van der Waals surface area contributed by atoms with E-state index >= 15 is 0 Å². The van der Waals surface area contributed by atoms with E-state index in [-0.39, 0.29) is 5.82 Å². The Kier molecular flexibility index (Phi) is 1.24. The first kappa shape index (κ1) is 5.44. The quantitative estimate of drug-likeness (QED) is 0.513. The van der Waals surface area contributed by atoms with E-state index in [0.717, 1.165) is 10.8 Å². The summed E-state index contributed by atoms with van der Waals surface area (Å²) in [5.41, 5.74) is 0. The fourth-order valence-corrected chi connectivity index (χ4v) is 0.419. The Morgan fingerprint density at radius 3 is 3.11 bits per heavy atom. The molecule has 1 N–H and O–H groups in total. The van der Waals surface area contributed by atoms with Gasteiger partial charge < -0.3 is 5.41 Å².